The summed E-state index contributed by atoms with van der Waals surface area (Å²) in [6.07, 6.45) is 6.57. The molecule has 1 aromatic carbocycles. The summed E-state index contributed by atoms with van der Waals surface area (Å²) in [5.74, 6) is -0.460. The minimum absolute atomic E-state index is 0.0568. The van der Waals surface area contributed by atoms with Crippen LogP contribution < -0.4 is 5.73 Å². The van der Waals surface area contributed by atoms with E-state index in [2.05, 4.69) is 9.97 Å². The van der Waals surface area contributed by atoms with Gasteiger partial charge in [-0.15, -0.1) is 0 Å². The Morgan fingerprint density at radius 1 is 1.15 bits per heavy atom. The Morgan fingerprint density at radius 3 is 2.75 bits per heavy atom. The van der Waals surface area contributed by atoms with E-state index in [1.165, 1.54) is 12.1 Å². The van der Waals surface area contributed by atoms with Gasteiger partial charge in [-0.3, -0.25) is 9.55 Å². The number of nitrogen functional groups attached to an aromatic ring is 1. The minimum atomic E-state index is -0.460. The van der Waals surface area contributed by atoms with Crippen LogP contribution in [0.25, 0.3) is 16.9 Å². The number of nitrogens with zero attached hydrogens (tertiary/aromatic N) is 3. The van der Waals surface area contributed by atoms with Crippen molar-refractivity contribution in [2.75, 3.05) is 5.73 Å². The smallest absolute Gasteiger partial charge is 0.141 e. The highest BCUT2D eigenvalue weighted by Crippen LogP contribution is 2.28. The number of aromatic nitrogens is 3. The van der Waals surface area contributed by atoms with E-state index in [4.69, 9.17) is 17.3 Å². The molecule has 20 heavy (non-hydrogen) atoms. The SMILES string of the molecule is Nc1ccncc1-c1cncn1-c1ccc(F)c(Cl)c1. The molecule has 0 atom stereocenters. The van der Waals surface area contributed by atoms with Crippen LogP contribution in [0.15, 0.2) is 49.2 Å². The third-order valence-corrected chi connectivity index (χ3v) is 3.24. The average Bonchev–Trinajstić information content (AvgIpc) is 2.91. The Hall–Kier alpha value is -2.40. The van der Waals surface area contributed by atoms with Crippen molar-refractivity contribution in [1.29, 1.82) is 0 Å². The first-order valence-corrected chi connectivity index (χ1v) is 6.22. The number of rotatable bonds is 2. The standard InChI is InChI=1S/C14H10ClFN4/c15-11-5-9(1-2-12(11)16)20-8-19-7-14(20)10-6-18-4-3-13(10)17/h1-8H,(H2,17,18). The first-order chi connectivity index (χ1) is 9.66. The van der Waals surface area contributed by atoms with Gasteiger partial charge in [-0.2, -0.15) is 0 Å². The predicted molar refractivity (Wildman–Crippen MR) is 76.2 cm³/mol. The van der Waals surface area contributed by atoms with E-state index in [9.17, 15) is 4.39 Å². The summed E-state index contributed by atoms with van der Waals surface area (Å²) in [6, 6.07) is 6.19. The van der Waals surface area contributed by atoms with Crippen molar-refractivity contribution in [2.45, 2.75) is 0 Å². The zero-order chi connectivity index (χ0) is 14.1. The second-order valence-corrected chi connectivity index (χ2v) is 4.62. The topological polar surface area (TPSA) is 56.7 Å². The lowest BCUT2D eigenvalue weighted by Crippen LogP contribution is -1.98. The van der Waals surface area contributed by atoms with Crippen molar-refractivity contribution in [3.8, 4) is 16.9 Å². The van der Waals surface area contributed by atoms with Crippen LogP contribution in [-0.2, 0) is 0 Å². The van der Waals surface area contributed by atoms with Crippen molar-refractivity contribution in [1.82, 2.24) is 14.5 Å². The molecular weight excluding hydrogens is 279 g/mol. The Labute approximate surface area is 119 Å². The van der Waals surface area contributed by atoms with Gasteiger partial charge in [0.1, 0.15) is 5.82 Å². The summed E-state index contributed by atoms with van der Waals surface area (Å²) in [7, 11) is 0. The van der Waals surface area contributed by atoms with Crippen molar-refractivity contribution in [2.24, 2.45) is 0 Å². The molecule has 0 aliphatic heterocycles. The summed E-state index contributed by atoms with van der Waals surface area (Å²) in [5.41, 5.74) is 8.76. The van der Waals surface area contributed by atoms with Gasteiger partial charge in [0.25, 0.3) is 0 Å². The zero-order valence-corrected chi connectivity index (χ0v) is 11.0. The highest BCUT2D eigenvalue weighted by atomic mass is 35.5. The number of anilines is 1. The average molecular weight is 289 g/mol. The van der Waals surface area contributed by atoms with Gasteiger partial charge in [-0.05, 0) is 24.3 Å². The van der Waals surface area contributed by atoms with Gasteiger partial charge in [0, 0.05) is 29.3 Å². The third-order valence-electron chi connectivity index (χ3n) is 2.95. The Bertz CT molecular complexity index is 769. The molecule has 0 saturated heterocycles. The first kappa shape index (κ1) is 12.6. The van der Waals surface area contributed by atoms with Crippen molar-refractivity contribution in [3.05, 3.63) is 60.0 Å². The molecule has 0 bridgehead atoms. The van der Waals surface area contributed by atoms with Crippen LogP contribution in [0.4, 0.5) is 10.1 Å². The van der Waals surface area contributed by atoms with Crippen LogP contribution in [0.1, 0.15) is 0 Å². The molecular formula is C14H10ClFN4. The maximum Gasteiger partial charge on any atom is 0.141 e. The van der Waals surface area contributed by atoms with Crippen molar-refractivity contribution in [3.63, 3.8) is 0 Å². The van der Waals surface area contributed by atoms with Crippen LogP contribution in [0.5, 0.6) is 0 Å². The summed E-state index contributed by atoms with van der Waals surface area (Å²) < 4.78 is 15.0. The minimum Gasteiger partial charge on any atom is -0.398 e. The van der Waals surface area contributed by atoms with Gasteiger partial charge in [0.05, 0.1) is 23.2 Å². The Balaban J connectivity index is 2.15. The molecule has 3 aromatic rings. The monoisotopic (exact) mass is 288 g/mol. The maximum absolute atomic E-state index is 13.2. The van der Waals surface area contributed by atoms with Crippen molar-refractivity contribution < 1.29 is 4.39 Å². The van der Waals surface area contributed by atoms with Gasteiger partial charge in [0.2, 0.25) is 0 Å². The molecule has 100 valence electrons. The second kappa shape index (κ2) is 4.94. The highest BCUT2D eigenvalue weighted by molar-refractivity contribution is 6.30. The van der Waals surface area contributed by atoms with Crippen LogP contribution in [0, 0.1) is 5.82 Å². The lowest BCUT2D eigenvalue weighted by molar-refractivity contribution is 0.628. The maximum atomic E-state index is 13.2. The molecule has 0 aliphatic carbocycles. The fourth-order valence-electron chi connectivity index (χ4n) is 1.95. The number of halogens is 2. The first-order valence-electron chi connectivity index (χ1n) is 5.84. The normalized spacial score (nSPS) is 10.7. The number of pyridine rings is 1. The van der Waals surface area contributed by atoms with Crippen LogP contribution >= 0.6 is 11.6 Å². The van der Waals surface area contributed by atoms with Gasteiger partial charge in [-0.1, -0.05) is 11.6 Å². The Morgan fingerprint density at radius 2 is 2.00 bits per heavy atom. The highest BCUT2D eigenvalue weighted by Gasteiger charge is 2.11. The molecule has 2 N–H and O–H groups in total. The van der Waals surface area contributed by atoms with E-state index in [-0.39, 0.29) is 5.02 Å². The number of benzene rings is 1. The third kappa shape index (κ3) is 2.12. The van der Waals surface area contributed by atoms with Crippen LogP contribution in [0.2, 0.25) is 5.02 Å². The molecule has 0 amide bonds. The number of nitrogens with two attached hydrogens (primary N) is 1. The van der Waals surface area contributed by atoms with E-state index in [1.54, 1.807) is 41.6 Å². The molecule has 0 radical (unpaired) electrons. The second-order valence-electron chi connectivity index (χ2n) is 4.21. The molecule has 0 spiro atoms. The largest absolute Gasteiger partial charge is 0.398 e. The molecule has 0 unspecified atom stereocenters. The summed E-state index contributed by atoms with van der Waals surface area (Å²) in [5, 5.41) is 0.0568. The lowest BCUT2D eigenvalue weighted by Gasteiger charge is -2.10. The van der Waals surface area contributed by atoms with Gasteiger partial charge in [-0.25, -0.2) is 9.37 Å². The number of hydrogen-bond acceptors (Lipinski definition) is 3. The van der Waals surface area contributed by atoms with Gasteiger partial charge in [0.15, 0.2) is 0 Å². The number of imidazole rings is 1. The van der Waals surface area contributed by atoms with E-state index in [0.717, 1.165) is 11.3 Å². The molecule has 0 aliphatic rings. The lowest BCUT2D eigenvalue weighted by atomic mass is 10.2. The van der Waals surface area contributed by atoms with E-state index in [0.29, 0.717) is 11.4 Å². The zero-order valence-electron chi connectivity index (χ0n) is 10.3. The van der Waals surface area contributed by atoms with Gasteiger partial charge < -0.3 is 5.73 Å². The Kier molecular flexibility index (Phi) is 3.12. The van der Waals surface area contributed by atoms with Crippen molar-refractivity contribution >= 4 is 17.3 Å². The molecule has 4 nitrogen and oxygen atoms in total. The molecule has 2 heterocycles. The van der Waals surface area contributed by atoms with Crippen LogP contribution in [-0.4, -0.2) is 14.5 Å². The number of hydrogen-bond donors (Lipinski definition) is 1. The fourth-order valence-corrected chi connectivity index (χ4v) is 2.13. The van der Waals surface area contributed by atoms with E-state index >= 15 is 0 Å². The quantitative estimate of drug-likeness (QED) is 0.787. The summed E-state index contributed by atoms with van der Waals surface area (Å²) >= 11 is 5.81. The molecule has 3 rings (SSSR count). The van der Waals surface area contributed by atoms with Crippen LogP contribution in [0.3, 0.4) is 0 Å². The molecule has 2 aromatic heterocycles. The molecule has 0 fully saturated rings. The molecule has 0 saturated carbocycles. The van der Waals surface area contributed by atoms with E-state index < -0.39 is 5.82 Å². The predicted octanol–water partition coefficient (Wildman–Crippen LogP) is 3.31. The molecule has 6 heteroatoms. The fraction of sp³-hybridized carbons (Fsp3) is 0. The van der Waals surface area contributed by atoms with E-state index in [1.807, 2.05) is 0 Å². The summed E-state index contributed by atoms with van der Waals surface area (Å²) in [6.45, 7) is 0. The summed E-state index contributed by atoms with van der Waals surface area (Å²) in [4.78, 5) is 8.17. The van der Waals surface area contributed by atoms with Gasteiger partial charge >= 0.3 is 0 Å².